The normalized spacial score (nSPS) is 16.9. The SMILES string of the molecule is C#CCOCCOCCOCCNc1nc(N2CCN(C(=O)C(CCC(=O)O)n3cc(C(N)C(C)CC)nn3)CC2)nc(N2CCN(C(=O)C(C(C)CC)n3cc(C(N)CC(C)C)nn3)CC2)n1.[Cl-]. The third-order valence-corrected chi connectivity index (χ3v) is 12.5. The Balaban J connectivity index is 0.0000104. The van der Waals surface area contributed by atoms with Crippen molar-refractivity contribution < 1.29 is 46.1 Å². The minimum Gasteiger partial charge on any atom is -1.00 e. The van der Waals surface area contributed by atoms with E-state index in [9.17, 15) is 19.5 Å². The fourth-order valence-corrected chi connectivity index (χ4v) is 8.01. The van der Waals surface area contributed by atoms with Crippen LogP contribution in [0.25, 0.3) is 0 Å². The van der Waals surface area contributed by atoms with Gasteiger partial charge < -0.3 is 68.1 Å². The zero-order valence-corrected chi connectivity index (χ0v) is 41.9. The molecular weight excluding hydrogens is 912 g/mol. The lowest BCUT2D eigenvalue weighted by Crippen LogP contribution is -3.00. The van der Waals surface area contributed by atoms with E-state index in [0.717, 1.165) is 19.3 Å². The van der Waals surface area contributed by atoms with Crippen LogP contribution in [0.2, 0.25) is 0 Å². The number of ether oxygens (including phenoxy) is 3. The van der Waals surface area contributed by atoms with Crippen LogP contribution >= 0.6 is 0 Å². The zero-order chi connectivity index (χ0) is 49.2. The maximum atomic E-state index is 14.3. The molecule has 2 amide bonds. The average Bonchev–Trinajstić information content (AvgIpc) is 4.04. The smallest absolute Gasteiger partial charge is 0.303 e. The highest BCUT2D eigenvalue weighted by Crippen LogP contribution is 2.28. The number of aliphatic carboxylic acids is 1. The van der Waals surface area contributed by atoms with Gasteiger partial charge in [-0.25, -0.2) is 9.36 Å². The summed E-state index contributed by atoms with van der Waals surface area (Å²) in [5.41, 5.74) is 14.1. The quantitative estimate of drug-likeness (QED) is 0.0498. The van der Waals surface area contributed by atoms with Gasteiger partial charge in [0, 0.05) is 65.3 Å². The molecule has 5 rings (SSSR count). The number of terminal acetylenes is 1. The number of rotatable bonds is 28. The summed E-state index contributed by atoms with van der Waals surface area (Å²) < 4.78 is 19.6. The van der Waals surface area contributed by atoms with Gasteiger partial charge in [0.15, 0.2) is 0 Å². The number of carbonyl (C=O) groups excluding carboxylic acids is 2. The van der Waals surface area contributed by atoms with Crippen molar-refractivity contribution in [1.82, 2.24) is 54.7 Å². The van der Waals surface area contributed by atoms with Crippen LogP contribution in [0.1, 0.15) is 109 Å². The van der Waals surface area contributed by atoms with Gasteiger partial charge in [0.25, 0.3) is 0 Å². The van der Waals surface area contributed by atoms with Gasteiger partial charge >= 0.3 is 5.97 Å². The summed E-state index contributed by atoms with van der Waals surface area (Å²) in [5, 5.41) is 30.1. The van der Waals surface area contributed by atoms with Gasteiger partial charge in [0.2, 0.25) is 29.7 Å². The molecule has 0 bridgehead atoms. The van der Waals surface area contributed by atoms with E-state index >= 15 is 0 Å². The van der Waals surface area contributed by atoms with Gasteiger partial charge in [-0.05, 0) is 30.6 Å². The van der Waals surface area contributed by atoms with Gasteiger partial charge in [-0.15, -0.1) is 16.6 Å². The molecule has 24 heteroatoms. The van der Waals surface area contributed by atoms with E-state index in [1.54, 1.807) is 15.8 Å². The van der Waals surface area contributed by atoms with Crippen molar-refractivity contribution in [3.63, 3.8) is 0 Å². The van der Waals surface area contributed by atoms with Crippen molar-refractivity contribution >= 4 is 35.6 Å². The largest absolute Gasteiger partial charge is 1.00 e. The standard InChI is InChI=1S/C45H74N16O7.ClH/c1-8-22-66-24-26-68-27-25-67-23-13-48-43-49-44(58-18-14-56(15-19-58)41(64)37(11-12-38(62)63)60-30-36(53-54-60)39(47)32(6)9-2)51-45(50-43)59-20-16-57(17-21-59)42(65)40(33(7)10-3)61-29-35(52-55-61)34(46)28-31(4)5;/h1,29-34,37,39-40H,9-28,46-47H2,2-7H3,(H,62,63)(H,48,49,50,51);1H/p-1. The van der Waals surface area contributed by atoms with Crippen LogP contribution in [0.4, 0.5) is 17.8 Å². The monoisotopic (exact) mass is 986 g/mol. The van der Waals surface area contributed by atoms with E-state index in [1.807, 2.05) is 34.7 Å². The molecule has 0 spiro atoms. The van der Waals surface area contributed by atoms with Crippen molar-refractivity contribution in [3.8, 4) is 12.3 Å². The number of carboxylic acid groups (broad SMARTS) is 1. The Morgan fingerprint density at radius 3 is 1.86 bits per heavy atom. The van der Waals surface area contributed by atoms with E-state index in [-0.39, 0.29) is 67.6 Å². The minimum absolute atomic E-state index is 0. The maximum absolute atomic E-state index is 14.3. The summed E-state index contributed by atoms with van der Waals surface area (Å²) in [6, 6.07) is -2.02. The van der Waals surface area contributed by atoms with Gasteiger partial charge in [-0.1, -0.05) is 70.7 Å². The summed E-state index contributed by atoms with van der Waals surface area (Å²) in [6.45, 7) is 18.4. The molecule has 2 aliphatic rings. The predicted octanol–water partition coefficient (Wildman–Crippen LogP) is -1.06. The number of halogens is 1. The van der Waals surface area contributed by atoms with Crippen LogP contribution in [0, 0.1) is 30.1 Å². The summed E-state index contributed by atoms with van der Waals surface area (Å²) in [6.07, 6.45) is 10.9. The fourth-order valence-electron chi connectivity index (χ4n) is 8.01. The highest BCUT2D eigenvalue weighted by Gasteiger charge is 2.35. The number of carboxylic acids is 1. The molecule has 2 saturated heterocycles. The molecule has 6 unspecified atom stereocenters. The Hall–Kier alpha value is -5.25. The highest BCUT2D eigenvalue weighted by atomic mass is 35.5. The summed E-state index contributed by atoms with van der Waals surface area (Å²) in [4.78, 5) is 62.2. The van der Waals surface area contributed by atoms with E-state index in [0.29, 0.717) is 127 Å². The van der Waals surface area contributed by atoms with Crippen LogP contribution in [0.5, 0.6) is 0 Å². The number of nitrogens with zero attached hydrogens (tertiary/aromatic N) is 13. The molecule has 69 heavy (non-hydrogen) atoms. The first kappa shape index (κ1) is 56.3. The second kappa shape index (κ2) is 28.4. The Bertz CT molecular complexity index is 2070. The van der Waals surface area contributed by atoms with E-state index in [2.05, 4.69) is 59.6 Å². The third kappa shape index (κ3) is 16.4. The molecule has 0 radical (unpaired) electrons. The molecule has 384 valence electrons. The fraction of sp³-hybridized carbons (Fsp3) is 0.733. The number of aromatic nitrogens is 9. The van der Waals surface area contributed by atoms with Crippen molar-refractivity contribution in [3.05, 3.63) is 23.8 Å². The number of hydrogen-bond acceptors (Lipinski definition) is 18. The van der Waals surface area contributed by atoms with Crippen LogP contribution in [-0.2, 0) is 28.6 Å². The lowest BCUT2D eigenvalue weighted by atomic mass is 9.97. The number of anilines is 3. The van der Waals surface area contributed by atoms with E-state index in [4.69, 9.17) is 47.1 Å². The molecule has 0 saturated carbocycles. The molecular formula is C45H74ClN16O7-. The summed E-state index contributed by atoms with van der Waals surface area (Å²) >= 11 is 0. The third-order valence-electron chi connectivity index (χ3n) is 12.5. The summed E-state index contributed by atoms with van der Waals surface area (Å²) in [5.74, 6) is 2.92. The molecule has 3 aromatic rings. The topological polar surface area (TPSA) is 276 Å². The first-order chi connectivity index (χ1) is 32.7. The molecule has 6 atom stereocenters. The minimum atomic E-state index is -1.01. The number of hydrogen-bond donors (Lipinski definition) is 4. The Morgan fingerprint density at radius 2 is 1.29 bits per heavy atom. The molecule has 6 N–H and O–H groups in total. The highest BCUT2D eigenvalue weighted by molar-refractivity contribution is 5.82. The van der Waals surface area contributed by atoms with Crippen molar-refractivity contribution in [2.45, 2.75) is 97.8 Å². The number of nitrogens with two attached hydrogens (primary N) is 2. The number of piperazine rings is 2. The van der Waals surface area contributed by atoms with Crippen LogP contribution in [0.3, 0.4) is 0 Å². The molecule has 5 heterocycles. The Labute approximate surface area is 412 Å². The lowest BCUT2D eigenvalue weighted by Gasteiger charge is -2.38. The number of amides is 2. The van der Waals surface area contributed by atoms with Crippen molar-refractivity contribution in [2.24, 2.45) is 29.2 Å². The van der Waals surface area contributed by atoms with Crippen LogP contribution < -0.4 is 39.0 Å². The van der Waals surface area contributed by atoms with Gasteiger partial charge in [-0.2, -0.15) is 15.0 Å². The van der Waals surface area contributed by atoms with Crippen molar-refractivity contribution in [2.75, 3.05) is 114 Å². The maximum Gasteiger partial charge on any atom is 0.303 e. The van der Waals surface area contributed by atoms with E-state index < -0.39 is 18.1 Å². The molecule has 2 fully saturated rings. The molecule has 0 aliphatic carbocycles. The lowest BCUT2D eigenvalue weighted by molar-refractivity contribution is -0.139. The number of nitrogens with one attached hydrogen (secondary N) is 1. The molecule has 0 aromatic carbocycles. The first-order valence-corrected chi connectivity index (χ1v) is 24.0. The van der Waals surface area contributed by atoms with Gasteiger partial charge in [0.05, 0.1) is 68.9 Å². The summed E-state index contributed by atoms with van der Waals surface area (Å²) in [7, 11) is 0. The van der Waals surface area contributed by atoms with Crippen molar-refractivity contribution in [1.29, 1.82) is 0 Å². The second-order valence-electron chi connectivity index (χ2n) is 18.0. The molecule has 23 nitrogen and oxygen atoms in total. The first-order valence-electron chi connectivity index (χ1n) is 24.0. The Morgan fingerprint density at radius 1 is 0.754 bits per heavy atom. The predicted molar refractivity (Wildman–Crippen MR) is 254 cm³/mol. The van der Waals surface area contributed by atoms with Gasteiger partial charge in [-0.3, -0.25) is 14.4 Å². The molecule has 3 aromatic heterocycles. The average molecular weight is 987 g/mol. The Kier molecular flexibility index (Phi) is 23.2. The van der Waals surface area contributed by atoms with Crippen LogP contribution in [-0.4, -0.2) is 176 Å². The van der Waals surface area contributed by atoms with Crippen LogP contribution in [0.15, 0.2) is 12.4 Å². The van der Waals surface area contributed by atoms with E-state index in [1.165, 1.54) is 4.68 Å². The zero-order valence-electron chi connectivity index (χ0n) is 41.2. The molecule has 2 aliphatic heterocycles. The van der Waals surface area contributed by atoms with Gasteiger partial charge in [0.1, 0.15) is 18.7 Å². The second-order valence-corrected chi connectivity index (χ2v) is 18.0. The number of carbonyl (C=O) groups is 3.